The van der Waals surface area contributed by atoms with E-state index in [1.165, 1.54) is 25.8 Å². The van der Waals surface area contributed by atoms with Crippen LogP contribution < -0.4 is 0 Å². The second-order valence-corrected chi connectivity index (χ2v) is 5.52. The molecule has 1 aliphatic rings. The summed E-state index contributed by atoms with van der Waals surface area (Å²) in [4.78, 5) is 11.5. The minimum atomic E-state index is 0.437. The van der Waals surface area contributed by atoms with Crippen molar-refractivity contribution in [3.05, 3.63) is 24.2 Å². The molecule has 0 spiro atoms. The van der Waals surface area contributed by atoms with Gasteiger partial charge < -0.3 is 9.47 Å². The summed E-state index contributed by atoms with van der Waals surface area (Å²) in [7, 11) is 2.21. The van der Waals surface area contributed by atoms with E-state index in [0.29, 0.717) is 11.9 Å². The first-order chi connectivity index (χ1) is 9.29. The normalized spacial score (nSPS) is 21.1. The average molecular weight is 279 g/mol. The van der Waals surface area contributed by atoms with Crippen molar-refractivity contribution in [1.29, 1.82) is 0 Å². The van der Waals surface area contributed by atoms with Gasteiger partial charge in [0.1, 0.15) is 11.3 Å². The van der Waals surface area contributed by atoms with Crippen molar-refractivity contribution in [3.63, 3.8) is 0 Å². The molecule has 1 aliphatic heterocycles. The maximum absolute atomic E-state index is 6.03. The van der Waals surface area contributed by atoms with Gasteiger partial charge in [0.15, 0.2) is 5.65 Å². The maximum Gasteiger partial charge on any atom is 0.160 e. The number of halogens is 1. The van der Waals surface area contributed by atoms with E-state index in [1.807, 2.05) is 18.3 Å². The average Bonchev–Trinajstić information content (AvgIpc) is 2.79. The van der Waals surface area contributed by atoms with Crippen molar-refractivity contribution < 1.29 is 0 Å². The van der Waals surface area contributed by atoms with Gasteiger partial charge in [-0.1, -0.05) is 6.42 Å². The van der Waals surface area contributed by atoms with Gasteiger partial charge in [-0.2, -0.15) is 0 Å². The number of imidazole rings is 1. The van der Waals surface area contributed by atoms with Crippen LogP contribution in [0.1, 0.15) is 25.1 Å². The Hall–Kier alpha value is -1.13. The molecule has 102 valence electrons. The van der Waals surface area contributed by atoms with Gasteiger partial charge in [0, 0.05) is 18.8 Å². The zero-order valence-electron chi connectivity index (χ0n) is 11.2. The van der Waals surface area contributed by atoms with E-state index >= 15 is 0 Å². The number of likely N-dealkylation sites (tertiary alicyclic amines) is 1. The predicted molar refractivity (Wildman–Crippen MR) is 77.4 cm³/mol. The standard InChI is InChI=1S/C14H19ClN4/c1-18-8-3-2-5-11(18)10-19-13(9-15)17-12-6-4-7-16-14(12)19/h4,6-7,11H,2-3,5,8-10H2,1H3. The molecule has 0 radical (unpaired) electrons. The molecule has 2 aromatic heterocycles. The third kappa shape index (κ3) is 2.47. The Kier molecular flexibility index (Phi) is 3.71. The zero-order chi connectivity index (χ0) is 13.2. The van der Waals surface area contributed by atoms with E-state index in [2.05, 4.69) is 26.5 Å². The predicted octanol–water partition coefficient (Wildman–Crippen LogP) is 2.65. The van der Waals surface area contributed by atoms with Crippen LogP contribution in [0, 0.1) is 0 Å². The fourth-order valence-electron chi connectivity index (χ4n) is 2.88. The third-order valence-electron chi connectivity index (χ3n) is 4.02. The van der Waals surface area contributed by atoms with Crippen LogP contribution in [-0.4, -0.2) is 39.1 Å². The first kappa shape index (κ1) is 12.9. The molecule has 1 saturated heterocycles. The van der Waals surface area contributed by atoms with Crippen LogP contribution in [0.5, 0.6) is 0 Å². The molecule has 4 nitrogen and oxygen atoms in total. The van der Waals surface area contributed by atoms with E-state index < -0.39 is 0 Å². The van der Waals surface area contributed by atoms with Crippen LogP contribution >= 0.6 is 11.6 Å². The highest BCUT2D eigenvalue weighted by molar-refractivity contribution is 6.16. The number of hydrogen-bond acceptors (Lipinski definition) is 3. The summed E-state index contributed by atoms with van der Waals surface area (Å²) < 4.78 is 2.19. The van der Waals surface area contributed by atoms with Crippen molar-refractivity contribution in [2.45, 2.75) is 37.7 Å². The minimum absolute atomic E-state index is 0.437. The Bertz CT molecular complexity index is 566. The topological polar surface area (TPSA) is 34.0 Å². The van der Waals surface area contributed by atoms with E-state index in [-0.39, 0.29) is 0 Å². The Balaban J connectivity index is 1.94. The lowest BCUT2D eigenvalue weighted by Gasteiger charge is -2.33. The second-order valence-electron chi connectivity index (χ2n) is 5.25. The van der Waals surface area contributed by atoms with Gasteiger partial charge in [0.05, 0.1) is 5.88 Å². The molecule has 0 bridgehead atoms. The van der Waals surface area contributed by atoms with Gasteiger partial charge >= 0.3 is 0 Å². The fourth-order valence-corrected chi connectivity index (χ4v) is 3.09. The van der Waals surface area contributed by atoms with E-state index in [9.17, 15) is 0 Å². The molecule has 1 fully saturated rings. The zero-order valence-corrected chi connectivity index (χ0v) is 12.0. The van der Waals surface area contributed by atoms with Gasteiger partial charge in [-0.25, -0.2) is 9.97 Å². The summed E-state index contributed by atoms with van der Waals surface area (Å²) >= 11 is 6.03. The van der Waals surface area contributed by atoms with Crippen molar-refractivity contribution in [2.24, 2.45) is 0 Å². The number of rotatable bonds is 3. The highest BCUT2D eigenvalue weighted by atomic mass is 35.5. The lowest BCUT2D eigenvalue weighted by Crippen LogP contribution is -2.39. The van der Waals surface area contributed by atoms with Crippen LogP contribution in [0.15, 0.2) is 18.3 Å². The molecule has 2 aromatic rings. The molecule has 0 aromatic carbocycles. The molecule has 3 heterocycles. The summed E-state index contributed by atoms with van der Waals surface area (Å²) in [6.45, 7) is 2.12. The van der Waals surface area contributed by atoms with Crippen LogP contribution in [0.25, 0.3) is 11.2 Å². The Morgan fingerprint density at radius 3 is 3.11 bits per heavy atom. The van der Waals surface area contributed by atoms with Crippen LogP contribution in [-0.2, 0) is 12.4 Å². The minimum Gasteiger partial charge on any atom is -0.310 e. The molecular weight excluding hydrogens is 260 g/mol. The Morgan fingerprint density at radius 2 is 2.32 bits per heavy atom. The van der Waals surface area contributed by atoms with Gasteiger partial charge in [-0.05, 0) is 38.6 Å². The third-order valence-corrected chi connectivity index (χ3v) is 4.26. The smallest absolute Gasteiger partial charge is 0.160 e. The second kappa shape index (κ2) is 5.47. The lowest BCUT2D eigenvalue weighted by molar-refractivity contribution is 0.167. The van der Waals surface area contributed by atoms with Crippen molar-refractivity contribution in [3.8, 4) is 0 Å². The quantitative estimate of drug-likeness (QED) is 0.810. The first-order valence-electron chi connectivity index (χ1n) is 6.86. The van der Waals surface area contributed by atoms with Crippen LogP contribution in [0.4, 0.5) is 0 Å². The van der Waals surface area contributed by atoms with Crippen LogP contribution in [0.3, 0.4) is 0 Å². The molecule has 5 heteroatoms. The Labute approximate surface area is 118 Å². The summed E-state index contributed by atoms with van der Waals surface area (Å²) in [5.41, 5.74) is 1.90. The largest absolute Gasteiger partial charge is 0.310 e. The highest BCUT2D eigenvalue weighted by Gasteiger charge is 2.21. The van der Waals surface area contributed by atoms with E-state index in [1.54, 1.807) is 0 Å². The first-order valence-corrected chi connectivity index (χ1v) is 7.39. The number of aromatic nitrogens is 3. The van der Waals surface area contributed by atoms with Gasteiger partial charge in [-0.15, -0.1) is 11.6 Å². The van der Waals surface area contributed by atoms with Gasteiger partial charge in [-0.3, -0.25) is 0 Å². The molecule has 1 unspecified atom stereocenters. The molecule has 0 saturated carbocycles. The maximum atomic E-state index is 6.03. The lowest BCUT2D eigenvalue weighted by atomic mass is 10.0. The van der Waals surface area contributed by atoms with E-state index in [0.717, 1.165) is 23.5 Å². The van der Waals surface area contributed by atoms with Gasteiger partial charge in [0.25, 0.3) is 0 Å². The monoisotopic (exact) mass is 278 g/mol. The number of pyridine rings is 1. The SMILES string of the molecule is CN1CCCCC1Cn1c(CCl)nc2cccnc21. The van der Waals surface area contributed by atoms with Crippen molar-refractivity contribution in [1.82, 2.24) is 19.4 Å². The molecule has 0 amide bonds. The van der Waals surface area contributed by atoms with Crippen molar-refractivity contribution in [2.75, 3.05) is 13.6 Å². The fraction of sp³-hybridized carbons (Fsp3) is 0.571. The molecule has 1 atom stereocenters. The number of piperidine rings is 1. The number of fused-ring (bicyclic) bond motifs is 1. The number of alkyl halides is 1. The van der Waals surface area contributed by atoms with E-state index in [4.69, 9.17) is 11.6 Å². The van der Waals surface area contributed by atoms with Gasteiger partial charge in [0.2, 0.25) is 0 Å². The Morgan fingerprint density at radius 1 is 1.42 bits per heavy atom. The number of likely N-dealkylation sites (N-methyl/N-ethyl adjacent to an activating group) is 1. The summed E-state index contributed by atoms with van der Waals surface area (Å²) in [6.07, 6.45) is 5.68. The van der Waals surface area contributed by atoms with Crippen molar-refractivity contribution >= 4 is 22.8 Å². The number of hydrogen-bond donors (Lipinski definition) is 0. The van der Waals surface area contributed by atoms with Crippen LogP contribution in [0.2, 0.25) is 0 Å². The summed E-state index contributed by atoms with van der Waals surface area (Å²) in [6, 6.07) is 4.49. The summed E-state index contributed by atoms with van der Waals surface area (Å²) in [5, 5.41) is 0. The highest BCUT2D eigenvalue weighted by Crippen LogP contribution is 2.21. The molecule has 3 rings (SSSR count). The molecular formula is C14H19ClN4. The molecule has 0 aliphatic carbocycles. The molecule has 0 N–H and O–H groups in total. The summed E-state index contributed by atoms with van der Waals surface area (Å²) in [5.74, 6) is 1.36. The number of nitrogens with zero attached hydrogens (tertiary/aromatic N) is 4. The molecule has 19 heavy (non-hydrogen) atoms.